The van der Waals surface area contributed by atoms with Gasteiger partial charge in [-0.3, -0.25) is 0 Å². The highest BCUT2D eigenvalue weighted by atomic mass is 35.5. The molecule has 0 bridgehead atoms. The first kappa shape index (κ1) is 16.3. The zero-order valence-corrected chi connectivity index (χ0v) is 12.0. The molecule has 0 fully saturated rings. The van der Waals surface area contributed by atoms with Crippen molar-refractivity contribution in [3.05, 3.63) is 28.8 Å². The van der Waals surface area contributed by atoms with Crippen LogP contribution < -0.4 is 5.73 Å². The molecule has 1 atom stereocenters. The van der Waals surface area contributed by atoms with Crippen molar-refractivity contribution in [1.29, 1.82) is 0 Å². The fourth-order valence-corrected chi connectivity index (χ4v) is 2.19. The molecule has 1 aromatic carbocycles. The van der Waals surface area contributed by atoms with Gasteiger partial charge in [-0.15, -0.1) is 12.4 Å². The molecule has 0 saturated heterocycles. The second kappa shape index (κ2) is 6.87. The van der Waals surface area contributed by atoms with Crippen molar-refractivity contribution in [1.82, 2.24) is 0 Å². The molecule has 3 heteroatoms. The van der Waals surface area contributed by atoms with Gasteiger partial charge in [0.15, 0.2) is 0 Å². The summed E-state index contributed by atoms with van der Waals surface area (Å²) in [7, 11) is 0. The predicted molar refractivity (Wildman–Crippen MR) is 75.8 cm³/mol. The van der Waals surface area contributed by atoms with Crippen molar-refractivity contribution in [2.75, 3.05) is 0 Å². The van der Waals surface area contributed by atoms with E-state index in [-0.39, 0.29) is 18.4 Å². The first-order chi connectivity index (χ1) is 7.41. The van der Waals surface area contributed by atoms with Gasteiger partial charge in [0, 0.05) is 6.04 Å². The average Bonchev–Trinajstić information content (AvgIpc) is 2.12. The lowest BCUT2D eigenvalue weighted by Gasteiger charge is -2.18. The number of phenols is 1. The second-order valence-corrected chi connectivity index (χ2v) is 5.07. The van der Waals surface area contributed by atoms with Crippen LogP contribution >= 0.6 is 12.4 Å². The summed E-state index contributed by atoms with van der Waals surface area (Å²) in [6, 6.07) is 3.66. The van der Waals surface area contributed by atoms with E-state index in [4.69, 9.17) is 5.73 Å². The zero-order chi connectivity index (χ0) is 12.3. The van der Waals surface area contributed by atoms with Gasteiger partial charge in [-0.1, -0.05) is 13.8 Å². The number of hydrogen-bond acceptors (Lipinski definition) is 2. The van der Waals surface area contributed by atoms with Crippen LogP contribution in [0.2, 0.25) is 0 Å². The van der Waals surface area contributed by atoms with Gasteiger partial charge in [0.1, 0.15) is 5.75 Å². The van der Waals surface area contributed by atoms with Gasteiger partial charge < -0.3 is 10.8 Å². The summed E-state index contributed by atoms with van der Waals surface area (Å²) >= 11 is 0. The second-order valence-electron chi connectivity index (χ2n) is 5.07. The Morgan fingerprint density at radius 3 is 2.00 bits per heavy atom. The van der Waals surface area contributed by atoms with Crippen molar-refractivity contribution in [3.63, 3.8) is 0 Å². The fraction of sp³-hybridized carbons (Fsp3) is 0.571. The number of rotatable bonds is 4. The van der Waals surface area contributed by atoms with Gasteiger partial charge in [0.25, 0.3) is 0 Å². The van der Waals surface area contributed by atoms with Crippen molar-refractivity contribution in [2.45, 2.75) is 46.6 Å². The molecule has 0 spiro atoms. The van der Waals surface area contributed by atoms with E-state index in [0.29, 0.717) is 11.7 Å². The lowest BCUT2D eigenvalue weighted by molar-refractivity contribution is 0.472. The highest BCUT2D eigenvalue weighted by Gasteiger charge is 2.13. The maximum Gasteiger partial charge on any atom is 0.116 e. The molecule has 2 nitrogen and oxygen atoms in total. The number of benzene rings is 1. The Bertz CT molecular complexity index is 340. The van der Waals surface area contributed by atoms with Gasteiger partial charge in [-0.05, 0) is 61.4 Å². The van der Waals surface area contributed by atoms with E-state index < -0.39 is 0 Å². The maximum atomic E-state index is 9.48. The van der Waals surface area contributed by atoms with Crippen molar-refractivity contribution < 1.29 is 5.11 Å². The summed E-state index contributed by atoms with van der Waals surface area (Å²) in [5.41, 5.74) is 9.59. The molecular weight excluding hydrogens is 234 g/mol. The Hall–Kier alpha value is -0.730. The molecule has 1 aromatic rings. The summed E-state index contributed by atoms with van der Waals surface area (Å²) in [6.45, 7) is 8.45. The number of halogens is 1. The molecule has 0 saturated carbocycles. The topological polar surface area (TPSA) is 46.2 Å². The summed E-state index contributed by atoms with van der Waals surface area (Å²) in [5.74, 6) is 1.01. The molecule has 17 heavy (non-hydrogen) atoms. The van der Waals surface area contributed by atoms with Crippen LogP contribution in [-0.2, 0) is 0 Å². The Labute approximate surface area is 111 Å². The smallest absolute Gasteiger partial charge is 0.116 e. The van der Waals surface area contributed by atoms with Crippen LogP contribution in [0.1, 0.15) is 49.4 Å². The number of phenolic OH excluding ortho intramolecular Hbond substituents is 1. The van der Waals surface area contributed by atoms with E-state index in [2.05, 4.69) is 13.8 Å². The fourth-order valence-electron chi connectivity index (χ4n) is 2.19. The number of nitrogens with two attached hydrogens (primary N) is 1. The molecule has 0 amide bonds. The first-order valence-corrected chi connectivity index (χ1v) is 5.97. The van der Waals surface area contributed by atoms with Crippen LogP contribution in [0.25, 0.3) is 0 Å². The SMILES string of the molecule is Cc1cc(O)cc(C)c1[C@H](N)CCC(C)C.Cl. The molecule has 0 aliphatic heterocycles. The third-order valence-electron chi connectivity index (χ3n) is 3.00. The summed E-state index contributed by atoms with van der Waals surface area (Å²) in [4.78, 5) is 0. The maximum absolute atomic E-state index is 9.48. The quantitative estimate of drug-likeness (QED) is 0.860. The normalized spacial score (nSPS) is 12.4. The van der Waals surface area contributed by atoms with Gasteiger partial charge in [-0.2, -0.15) is 0 Å². The van der Waals surface area contributed by atoms with E-state index in [9.17, 15) is 5.11 Å². The minimum atomic E-state index is 0. The van der Waals surface area contributed by atoms with Crippen LogP contribution in [0.3, 0.4) is 0 Å². The minimum absolute atomic E-state index is 0. The Morgan fingerprint density at radius 1 is 1.12 bits per heavy atom. The molecule has 0 aromatic heterocycles. The largest absolute Gasteiger partial charge is 0.508 e. The molecule has 3 N–H and O–H groups in total. The highest BCUT2D eigenvalue weighted by molar-refractivity contribution is 5.85. The molecule has 0 heterocycles. The van der Waals surface area contributed by atoms with Gasteiger partial charge >= 0.3 is 0 Å². The summed E-state index contributed by atoms with van der Waals surface area (Å²) < 4.78 is 0. The monoisotopic (exact) mass is 257 g/mol. The molecule has 0 aliphatic carbocycles. The van der Waals surface area contributed by atoms with E-state index in [0.717, 1.165) is 24.0 Å². The van der Waals surface area contributed by atoms with Crippen LogP contribution in [0.5, 0.6) is 5.75 Å². The Kier molecular flexibility index (Phi) is 6.58. The predicted octanol–water partition coefficient (Wildman–Crippen LogP) is 3.87. The van der Waals surface area contributed by atoms with Gasteiger partial charge in [-0.25, -0.2) is 0 Å². The highest BCUT2D eigenvalue weighted by Crippen LogP contribution is 2.28. The summed E-state index contributed by atoms with van der Waals surface area (Å²) in [5, 5.41) is 9.48. The molecule has 0 radical (unpaired) electrons. The van der Waals surface area contributed by atoms with Gasteiger partial charge in [0.2, 0.25) is 0 Å². The number of aryl methyl sites for hydroxylation is 2. The van der Waals surface area contributed by atoms with E-state index in [1.165, 1.54) is 5.56 Å². The lowest BCUT2D eigenvalue weighted by Crippen LogP contribution is -2.14. The van der Waals surface area contributed by atoms with Crippen LogP contribution in [-0.4, -0.2) is 5.11 Å². The van der Waals surface area contributed by atoms with Crippen LogP contribution in [0, 0.1) is 19.8 Å². The zero-order valence-electron chi connectivity index (χ0n) is 11.2. The van der Waals surface area contributed by atoms with Crippen LogP contribution in [0.4, 0.5) is 0 Å². The first-order valence-electron chi connectivity index (χ1n) is 5.97. The van der Waals surface area contributed by atoms with E-state index in [1.807, 2.05) is 13.8 Å². The Balaban J connectivity index is 0.00000256. The Morgan fingerprint density at radius 2 is 1.59 bits per heavy atom. The van der Waals surface area contributed by atoms with E-state index >= 15 is 0 Å². The van der Waals surface area contributed by atoms with Crippen molar-refractivity contribution in [3.8, 4) is 5.75 Å². The molecule has 0 aliphatic rings. The molecular formula is C14H24ClNO. The number of aromatic hydroxyl groups is 1. The third-order valence-corrected chi connectivity index (χ3v) is 3.00. The van der Waals surface area contributed by atoms with Crippen LogP contribution in [0.15, 0.2) is 12.1 Å². The van der Waals surface area contributed by atoms with Gasteiger partial charge in [0.05, 0.1) is 0 Å². The van der Waals surface area contributed by atoms with Crippen molar-refractivity contribution >= 4 is 12.4 Å². The molecule has 98 valence electrons. The average molecular weight is 258 g/mol. The molecule has 1 rings (SSSR count). The standard InChI is InChI=1S/C14H23NO.ClH/c1-9(2)5-6-13(15)14-10(3)7-12(16)8-11(14)4;/h7-9,13,16H,5-6,15H2,1-4H3;1H/t13-;/m1./s1. The molecule has 0 unspecified atom stereocenters. The van der Waals surface area contributed by atoms with Crippen molar-refractivity contribution in [2.24, 2.45) is 11.7 Å². The third kappa shape index (κ3) is 4.57. The summed E-state index contributed by atoms with van der Waals surface area (Å²) in [6.07, 6.45) is 2.14. The lowest BCUT2D eigenvalue weighted by atomic mass is 9.92. The minimum Gasteiger partial charge on any atom is -0.508 e. The van der Waals surface area contributed by atoms with E-state index in [1.54, 1.807) is 12.1 Å². The number of hydrogen-bond donors (Lipinski definition) is 2.